The third-order valence-electron chi connectivity index (χ3n) is 2.48. The van der Waals surface area contributed by atoms with Crippen LogP contribution in [0.5, 0.6) is 0 Å². The molecule has 2 aromatic heterocycles. The van der Waals surface area contributed by atoms with Crippen molar-refractivity contribution >= 4 is 40.7 Å². The lowest BCUT2D eigenvalue weighted by molar-refractivity contribution is 0.767. The molecule has 0 aliphatic heterocycles. The summed E-state index contributed by atoms with van der Waals surface area (Å²) in [6.07, 6.45) is 5.27. The van der Waals surface area contributed by atoms with Crippen molar-refractivity contribution in [1.29, 1.82) is 0 Å². The van der Waals surface area contributed by atoms with Crippen LogP contribution >= 0.6 is 23.2 Å². The van der Waals surface area contributed by atoms with Gasteiger partial charge in [0.1, 0.15) is 5.15 Å². The van der Waals surface area contributed by atoms with Gasteiger partial charge in [-0.2, -0.15) is 5.10 Å². The van der Waals surface area contributed by atoms with E-state index in [1.54, 1.807) is 29.2 Å². The summed E-state index contributed by atoms with van der Waals surface area (Å²) in [6.45, 7) is 3.94. The number of rotatable bonds is 4. The van der Waals surface area contributed by atoms with Crippen molar-refractivity contribution in [2.45, 2.75) is 5.88 Å². The molecule has 0 spiro atoms. The Bertz CT molecular complexity index is 631. The number of halogens is 2. The first-order chi connectivity index (χ1) is 9.10. The molecule has 6 heteroatoms. The van der Waals surface area contributed by atoms with E-state index < -0.39 is 0 Å². The van der Waals surface area contributed by atoms with Crippen LogP contribution in [0, 0.1) is 0 Å². The average molecular weight is 295 g/mol. The van der Waals surface area contributed by atoms with E-state index in [4.69, 9.17) is 23.2 Å². The van der Waals surface area contributed by atoms with Gasteiger partial charge in [0.25, 0.3) is 0 Å². The van der Waals surface area contributed by atoms with E-state index in [9.17, 15) is 0 Å². The molecule has 0 atom stereocenters. The third kappa shape index (κ3) is 3.43. The minimum atomic E-state index is 0.257. The summed E-state index contributed by atoms with van der Waals surface area (Å²) in [5.41, 5.74) is 3.01. The van der Waals surface area contributed by atoms with E-state index in [1.807, 2.05) is 13.2 Å². The van der Waals surface area contributed by atoms with E-state index in [-0.39, 0.29) is 5.88 Å². The highest BCUT2D eigenvalue weighted by atomic mass is 35.5. The highest BCUT2D eigenvalue weighted by molar-refractivity contribution is 6.29. The van der Waals surface area contributed by atoms with Crippen molar-refractivity contribution in [2.75, 3.05) is 0 Å². The molecule has 19 heavy (non-hydrogen) atoms. The van der Waals surface area contributed by atoms with Gasteiger partial charge >= 0.3 is 0 Å². The smallest absolute Gasteiger partial charge is 0.129 e. The second-order valence-electron chi connectivity index (χ2n) is 3.92. The number of nitrogens with zero attached hydrogens (tertiary/aromatic N) is 4. The molecular weight excluding hydrogens is 283 g/mol. The average Bonchev–Trinajstić information content (AvgIpc) is 2.83. The first kappa shape index (κ1) is 13.8. The maximum absolute atomic E-state index is 5.81. The topological polar surface area (TPSA) is 43.1 Å². The number of aryl methyl sites for hydroxylation is 1. The van der Waals surface area contributed by atoms with E-state index in [0.717, 1.165) is 11.1 Å². The van der Waals surface area contributed by atoms with E-state index >= 15 is 0 Å². The highest BCUT2D eigenvalue weighted by Gasteiger charge is 2.03. The van der Waals surface area contributed by atoms with Crippen LogP contribution < -0.4 is 0 Å². The van der Waals surface area contributed by atoms with Gasteiger partial charge in [0.15, 0.2) is 0 Å². The zero-order valence-electron chi connectivity index (χ0n) is 10.3. The summed E-state index contributed by atoms with van der Waals surface area (Å²) in [6, 6.07) is 3.46. The first-order valence-corrected chi connectivity index (χ1v) is 6.45. The number of hydrogen-bond donors (Lipinski definition) is 0. The van der Waals surface area contributed by atoms with Crippen LogP contribution in [0.2, 0.25) is 5.15 Å². The normalized spacial score (nSPS) is 11.1. The molecule has 0 aromatic carbocycles. The van der Waals surface area contributed by atoms with Crippen molar-refractivity contribution < 1.29 is 0 Å². The Morgan fingerprint density at radius 2 is 2.32 bits per heavy atom. The maximum Gasteiger partial charge on any atom is 0.129 e. The van der Waals surface area contributed by atoms with Crippen molar-refractivity contribution in [3.8, 4) is 0 Å². The predicted octanol–water partition coefficient (Wildman–Crippen LogP) is 3.62. The van der Waals surface area contributed by atoms with Crippen LogP contribution in [0.1, 0.15) is 11.3 Å². The molecule has 98 valence electrons. The van der Waals surface area contributed by atoms with Gasteiger partial charge < -0.3 is 0 Å². The predicted molar refractivity (Wildman–Crippen MR) is 79.2 cm³/mol. The van der Waals surface area contributed by atoms with Gasteiger partial charge in [-0.15, -0.1) is 11.6 Å². The van der Waals surface area contributed by atoms with Crippen LogP contribution in [0.15, 0.2) is 36.1 Å². The molecule has 4 nitrogen and oxygen atoms in total. The molecule has 0 fully saturated rings. The Labute approximate surface area is 121 Å². The molecule has 0 aliphatic rings. The Hall–Kier alpha value is -1.65. The zero-order chi connectivity index (χ0) is 13.8. The third-order valence-corrected chi connectivity index (χ3v) is 2.94. The molecule has 0 N–H and O–H groups in total. The van der Waals surface area contributed by atoms with Crippen LogP contribution in [0.3, 0.4) is 0 Å². The Morgan fingerprint density at radius 3 is 2.95 bits per heavy atom. The van der Waals surface area contributed by atoms with Crippen LogP contribution in [0.25, 0.3) is 5.57 Å². The molecule has 0 bridgehead atoms. The Morgan fingerprint density at radius 1 is 1.53 bits per heavy atom. The van der Waals surface area contributed by atoms with E-state index in [1.165, 1.54) is 0 Å². The van der Waals surface area contributed by atoms with Gasteiger partial charge in [0.05, 0.1) is 23.5 Å². The summed E-state index contributed by atoms with van der Waals surface area (Å²) in [5, 5.41) is 4.48. The number of alkyl halides is 1. The lowest BCUT2D eigenvalue weighted by atomic mass is 10.2. The van der Waals surface area contributed by atoms with Gasteiger partial charge in [0, 0.05) is 25.0 Å². The van der Waals surface area contributed by atoms with Gasteiger partial charge in [0.2, 0.25) is 0 Å². The van der Waals surface area contributed by atoms with Crippen LogP contribution in [0.4, 0.5) is 5.69 Å². The lowest BCUT2D eigenvalue weighted by Gasteiger charge is -2.01. The summed E-state index contributed by atoms with van der Waals surface area (Å²) in [5.74, 6) is 0.257. The molecule has 0 saturated carbocycles. The number of aliphatic imine (C=N–C) groups is 1. The van der Waals surface area contributed by atoms with Crippen molar-refractivity contribution in [1.82, 2.24) is 14.8 Å². The molecule has 0 amide bonds. The molecular formula is C13H12Cl2N4. The number of pyridine rings is 1. The minimum Gasteiger partial charge on any atom is -0.275 e. The van der Waals surface area contributed by atoms with E-state index in [0.29, 0.717) is 16.5 Å². The van der Waals surface area contributed by atoms with Gasteiger partial charge in [-0.3, -0.25) is 9.67 Å². The minimum absolute atomic E-state index is 0.257. The van der Waals surface area contributed by atoms with Crippen LogP contribution in [-0.4, -0.2) is 21.0 Å². The molecule has 0 aliphatic carbocycles. The monoisotopic (exact) mass is 294 g/mol. The SMILES string of the molecule is C=C(C=Nc1ccc(Cl)nc1CCl)c1cnn(C)c1. The standard InChI is InChI=1S/C13H12Cl2N4/c1-9(10-7-17-19(2)8-10)6-16-11-3-4-13(15)18-12(11)5-14/h3-4,6-8H,1,5H2,2H3. The Balaban J connectivity index is 2.21. The van der Waals surface area contributed by atoms with Gasteiger partial charge in [-0.25, -0.2) is 4.98 Å². The quantitative estimate of drug-likeness (QED) is 0.491. The number of hydrogen-bond acceptors (Lipinski definition) is 3. The zero-order valence-corrected chi connectivity index (χ0v) is 11.9. The maximum atomic E-state index is 5.81. The number of aromatic nitrogens is 3. The second-order valence-corrected chi connectivity index (χ2v) is 4.57. The number of allylic oxidation sites excluding steroid dienone is 1. The fraction of sp³-hybridized carbons (Fsp3) is 0.154. The van der Waals surface area contributed by atoms with Crippen LogP contribution in [-0.2, 0) is 12.9 Å². The summed E-state index contributed by atoms with van der Waals surface area (Å²) < 4.78 is 1.71. The molecule has 2 heterocycles. The summed E-state index contributed by atoms with van der Waals surface area (Å²) >= 11 is 11.6. The van der Waals surface area contributed by atoms with Gasteiger partial charge in [-0.05, 0) is 17.7 Å². The summed E-state index contributed by atoms with van der Waals surface area (Å²) in [7, 11) is 1.85. The fourth-order valence-electron chi connectivity index (χ4n) is 1.49. The highest BCUT2D eigenvalue weighted by Crippen LogP contribution is 2.22. The van der Waals surface area contributed by atoms with E-state index in [2.05, 4.69) is 21.7 Å². The Kier molecular flexibility index (Phi) is 4.35. The fourth-order valence-corrected chi connectivity index (χ4v) is 1.85. The van der Waals surface area contributed by atoms with Crippen molar-refractivity contribution in [3.63, 3.8) is 0 Å². The molecule has 2 aromatic rings. The van der Waals surface area contributed by atoms with Crippen molar-refractivity contribution in [2.24, 2.45) is 12.0 Å². The van der Waals surface area contributed by atoms with Gasteiger partial charge in [-0.1, -0.05) is 18.2 Å². The largest absolute Gasteiger partial charge is 0.275 e. The molecule has 0 unspecified atom stereocenters. The first-order valence-electron chi connectivity index (χ1n) is 5.53. The molecule has 2 rings (SSSR count). The summed E-state index contributed by atoms with van der Waals surface area (Å²) in [4.78, 5) is 8.46. The second kappa shape index (κ2) is 5.99. The molecule has 0 saturated heterocycles. The lowest BCUT2D eigenvalue weighted by Crippen LogP contribution is -1.88. The molecule has 0 radical (unpaired) electrons. The van der Waals surface area contributed by atoms with Crippen molar-refractivity contribution in [3.05, 3.63) is 47.5 Å².